The van der Waals surface area contributed by atoms with E-state index in [4.69, 9.17) is 14.2 Å². The second kappa shape index (κ2) is 26.7. The van der Waals surface area contributed by atoms with Crippen molar-refractivity contribution in [3.05, 3.63) is 20.4 Å². The fraction of sp³-hybridized carbons (Fsp3) is 0.863. The molecule has 4 aliphatic rings. The van der Waals surface area contributed by atoms with Crippen LogP contribution in [0.25, 0.3) is 0 Å². The normalized spacial score (nSPS) is 22.7. The van der Waals surface area contributed by atoms with E-state index in [2.05, 4.69) is 43.2 Å². The van der Waals surface area contributed by atoms with E-state index in [9.17, 15) is 24.0 Å². The predicted octanol–water partition coefficient (Wildman–Crippen LogP) is 10.5. The van der Waals surface area contributed by atoms with Gasteiger partial charge in [0.25, 0.3) is 10.9 Å². The molecule has 5 rings (SSSR count). The van der Waals surface area contributed by atoms with Crippen LogP contribution >= 0.6 is 0 Å². The van der Waals surface area contributed by atoms with Crippen molar-refractivity contribution >= 4 is 29.3 Å². The molecule has 2 N–H and O–H groups in total. The van der Waals surface area contributed by atoms with Gasteiger partial charge in [-0.2, -0.15) is 0 Å². The Morgan fingerprint density at radius 2 is 0.887 bits per heavy atom. The summed E-state index contributed by atoms with van der Waals surface area (Å²) in [5, 5.41) is 5.67. The zero-order chi connectivity index (χ0) is 44.9. The molecule has 0 aromatic heterocycles. The van der Waals surface area contributed by atoms with E-state index in [1.165, 1.54) is 103 Å². The van der Waals surface area contributed by atoms with Crippen molar-refractivity contribution in [2.75, 3.05) is 63.7 Å². The molecule has 11 heteroatoms. The lowest BCUT2D eigenvalue weighted by molar-refractivity contribution is -0.189. The first-order chi connectivity index (χ1) is 29.9. The lowest BCUT2D eigenvalue weighted by Crippen LogP contribution is -2.67. The van der Waals surface area contributed by atoms with Crippen molar-refractivity contribution in [1.29, 1.82) is 0 Å². The van der Waals surface area contributed by atoms with Crippen LogP contribution < -0.4 is 21.5 Å². The molecular formula is C51H87N3O8. The molecule has 62 heavy (non-hydrogen) atoms. The van der Waals surface area contributed by atoms with Crippen molar-refractivity contribution in [2.45, 2.75) is 201 Å². The molecule has 3 aliphatic heterocycles. The van der Waals surface area contributed by atoms with Gasteiger partial charge in [0, 0.05) is 52.5 Å². The minimum absolute atomic E-state index is 0.0793. The predicted molar refractivity (Wildman–Crippen MR) is 250 cm³/mol. The summed E-state index contributed by atoms with van der Waals surface area (Å²) in [6.07, 6.45) is 27.8. The number of hydrogen-bond donors (Lipinski definition) is 2. The lowest BCUT2D eigenvalue weighted by Gasteiger charge is -2.68. The standard InChI is InChI=1S/C51H87N3O8/c1-6-10-14-18-40(19-15-11-7-2)25-31-60-42(55)22-27-49-34-50(28-23-43(56)61-32-26-41(20-16-12-8-3)21-17-13-9-4)36-51(35-49,39-54(37-49)38-50)29-24-44(57)62-33-30-53-46-45(52-5)47(58)48(46)59/h40-41,52-53H,6-39H2,1-5H3. The monoisotopic (exact) mass is 870 g/mol. The third-order valence-electron chi connectivity index (χ3n) is 14.8. The summed E-state index contributed by atoms with van der Waals surface area (Å²) in [6, 6.07) is 0. The smallest absolute Gasteiger partial charge is 0.305 e. The number of carbonyl (C=O) groups excluding carboxylic acids is 3. The van der Waals surface area contributed by atoms with Gasteiger partial charge in [-0.15, -0.1) is 0 Å². The van der Waals surface area contributed by atoms with Gasteiger partial charge in [-0.25, -0.2) is 0 Å². The molecule has 3 saturated heterocycles. The van der Waals surface area contributed by atoms with Gasteiger partial charge in [0.15, 0.2) is 0 Å². The van der Waals surface area contributed by atoms with Crippen molar-refractivity contribution in [3.8, 4) is 0 Å². The summed E-state index contributed by atoms with van der Waals surface area (Å²) in [7, 11) is 1.59. The molecule has 4 bridgehead atoms. The molecule has 4 fully saturated rings. The van der Waals surface area contributed by atoms with Gasteiger partial charge in [0.2, 0.25) is 0 Å². The van der Waals surface area contributed by atoms with Gasteiger partial charge >= 0.3 is 17.9 Å². The highest BCUT2D eigenvalue weighted by atomic mass is 16.5. The molecule has 2 atom stereocenters. The average molecular weight is 870 g/mol. The van der Waals surface area contributed by atoms with E-state index < -0.39 is 10.9 Å². The Hall–Kier alpha value is -2.95. The molecule has 0 amide bonds. The first-order valence-corrected chi connectivity index (χ1v) is 25.4. The van der Waals surface area contributed by atoms with Crippen LogP contribution in [-0.4, -0.2) is 75.9 Å². The van der Waals surface area contributed by atoms with E-state index in [0.717, 1.165) is 64.6 Å². The van der Waals surface area contributed by atoms with Crippen LogP contribution in [0.1, 0.15) is 201 Å². The van der Waals surface area contributed by atoms with Crippen LogP contribution in [0.2, 0.25) is 0 Å². The quantitative estimate of drug-likeness (QED) is 0.0288. The van der Waals surface area contributed by atoms with Crippen LogP contribution in [-0.2, 0) is 28.6 Å². The maximum atomic E-state index is 13.4. The second-order valence-electron chi connectivity index (χ2n) is 20.2. The first-order valence-electron chi connectivity index (χ1n) is 25.4. The van der Waals surface area contributed by atoms with Gasteiger partial charge in [-0.3, -0.25) is 24.0 Å². The van der Waals surface area contributed by atoms with E-state index in [1.807, 2.05) is 0 Å². The molecule has 0 spiro atoms. The van der Waals surface area contributed by atoms with Crippen molar-refractivity contribution in [2.24, 2.45) is 28.1 Å². The van der Waals surface area contributed by atoms with Crippen LogP contribution in [0.3, 0.4) is 0 Å². The summed E-state index contributed by atoms with van der Waals surface area (Å²) < 4.78 is 17.5. The van der Waals surface area contributed by atoms with E-state index in [0.29, 0.717) is 44.3 Å². The molecule has 11 nitrogen and oxygen atoms in total. The van der Waals surface area contributed by atoms with Crippen LogP contribution in [0.5, 0.6) is 0 Å². The Bertz CT molecular complexity index is 1490. The maximum absolute atomic E-state index is 13.4. The van der Waals surface area contributed by atoms with Gasteiger partial charge in [-0.05, 0) is 79.4 Å². The van der Waals surface area contributed by atoms with Crippen molar-refractivity contribution in [3.63, 3.8) is 0 Å². The fourth-order valence-corrected chi connectivity index (χ4v) is 12.0. The van der Waals surface area contributed by atoms with Crippen molar-refractivity contribution < 1.29 is 28.6 Å². The molecular weight excluding hydrogens is 783 g/mol. The Morgan fingerprint density at radius 3 is 1.24 bits per heavy atom. The van der Waals surface area contributed by atoms with E-state index in [1.54, 1.807) is 7.05 Å². The number of nitrogens with zero attached hydrogens (tertiary/aromatic N) is 1. The number of piperidine rings is 3. The molecule has 354 valence electrons. The molecule has 1 aromatic rings. The summed E-state index contributed by atoms with van der Waals surface area (Å²) in [5.41, 5.74) is -0.872. The molecule has 1 saturated carbocycles. The Morgan fingerprint density at radius 1 is 0.532 bits per heavy atom. The van der Waals surface area contributed by atoms with Gasteiger partial charge in [0.05, 0.1) is 13.2 Å². The maximum Gasteiger partial charge on any atom is 0.305 e. The number of carbonyl (C=O) groups is 3. The van der Waals surface area contributed by atoms with Gasteiger partial charge in [0.1, 0.15) is 18.0 Å². The highest BCUT2D eigenvalue weighted by Gasteiger charge is 2.62. The van der Waals surface area contributed by atoms with Crippen LogP contribution in [0, 0.1) is 28.1 Å². The van der Waals surface area contributed by atoms with Crippen LogP contribution in [0.4, 0.5) is 11.4 Å². The third kappa shape index (κ3) is 16.2. The Balaban J connectivity index is 1.35. The molecule has 1 aliphatic carbocycles. The summed E-state index contributed by atoms with van der Waals surface area (Å²) in [6.45, 7) is 13.1. The number of nitrogens with one attached hydrogen (secondary N) is 2. The number of ether oxygens (including phenoxy) is 3. The number of esters is 3. The fourth-order valence-electron chi connectivity index (χ4n) is 12.0. The lowest BCUT2D eigenvalue weighted by atomic mass is 9.45. The Kier molecular flexibility index (Phi) is 22.3. The average Bonchev–Trinajstić information content (AvgIpc) is 3.24. The van der Waals surface area contributed by atoms with Crippen molar-refractivity contribution in [1.82, 2.24) is 4.90 Å². The van der Waals surface area contributed by atoms with Crippen LogP contribution in [0.15, 0.2) is 9.59 Å². The first kappa shape index (κ1) is 51.7. The van der Waals surface area contributed by atoms with Gasteiger partial charge in [-0.1, -0.05) is 130 Å². The second-order valence-corrected chi connectivity index (χ2v) is 20.2. The summed E-state index contributed by atoms with van der Waals surface area (Å²) in [5.74, 6) is 0.746. The number of rotatable bonds is 36. The van der Waals surface area contributed by atoms with E-state index >= 15 is 0 Å². The molecule has 2 unspecified atom stereocenters. The topological polar surface area (TPSA) is 140 Å². The number of unbranched alkanes of at least 4 members (excludes halogenated alkanes) is 8. The molecule has 0 radical (unpaired) electrons. The summed E-state index contributed by atoms with van der Waals surface area (Å²) in [4.78, 5) is 66.1. The Labute approximate surface area is 375 Å². The highest BCUT2D eigenvalue weighted by molar-refractivity contribution is 5.74. The third-order valence-corrected chi connectivity index (χ3v) is 14.8. The minimum Gasteiger partial charge on any atom is -0.466 e. The zero-order valence-corrected chi connectivity index (χ0v) is 39.9. The molecule has 1 aromatic carbocycles. The number of hydrogen-bond acceptors (Lipinski definition) is 11. The SMILES string of the molecule is CCCCCC(CCCCC)CCOC(=O)CCC12CN3CC(CCC(=O)OCCNc4c(NC)c(=O)c4=O)(C1)CC(CCC(=O)OCCC(CCCCC)CCCCC)(C3)C2. The molecule has 3 heterocycles. The number of anilines is 2. The van der Waals surface area contributed by atoms with E-state index in [-0.39, 0.29) is 65.1 Å². The minimum atomic E-state index is -0.560. The largest absolute Gasteiger partial charge is 0.466 e. The highest BCUT2D eigenvalue weighted by Crippen LogP contribution is 2.66. The summed E-state index contributed by atoms with van der Waals surface area (Å²) >= 11 is 0. The zero-order valence-electron chi connectivity index (χ0n) is 39.9. The van der Waals surface area contributed by atoms with Gasteiger partial charge < -0.3 is 29.7 Å².